The molecule has 0 aliphatic rings. The molecule has 0 spiro atoms. The lowest BCUT2D eigenvalue weighted by Gasteiger charge is -2.13. The van der Waals surface area contributed by atoms with E-state index in [4.69, 9.17) is 0 Å². The molecule has 0 saturated heterocycles. The highest BCUT2D eigenvalue weighted by Gasteiger charge is 2.12. The zero-order valence-electron chi connectivity index (χ0n) is 11.8. The molecular formula is C14H21N5. The molecule has 1 N–H and O–H groups in total. The van der Waals surface area contributed by atoms with Gasteiger partial charge in [-0.2, -0.15) is 0 Å². The summed E-state index contributed by atoms with van der Waals surface area (Å²) >= 11 is 0. The van der Waals surface area contributed by atoms with E-state index in [-0.39, 0.29) is 0 Å². The number of aromatic nitrogens is 4. The highest BCUT2D eigenvalue weighted by atomic mass is 15.0. The molecule has 0 atom stereocenters. The molecule has 0 aliphatic heterocycles. The maximum absolute atomic E-state index is 4.45. The van der Waals surface area contributed by atoms with Gasteiger partial charge in [-0.25, -0.2) is 15.0 Å². The van der Waals surface area contributed by atoms with Crippen LogP contribution < -0.4 is 5.32 Å². The monoisotopic (exact) mass is 259 g/mol. The summed E-state index contributed by atoms with van der Waals surface area (Å²) in [5.41, 5.74) is 2.29. The number of imidazole rings is 1. The van der Waals surface area contributed by atoms with Crippen molar-refractivity contribution < 1.29 is 0 Å². The number of nitrogens with one attached hydrogen (secondary N) is 1. The summed E-state index contributed by atoms with van der Waals surface area (Å²) < 4.78 is 2.03. The SMILES string of the molecule is CCCc1c(Cc2nccn2C)ncnc1NCC. The van der Waals surface area contributed by atoms with Crippen LogP contribution in [0.3, 0.4) is 0 Å². The van der Waals surface area contributed by atoms with E-state index >= 15 is 0 Å². The second-order valence-electron chi connectivity index (χ2n) is 4.56. The highest BCUT2D eigenvalue weighted by molar-refractivity contribution is 5.46. The van der Waals surface area contributed by atoms with Crippen LogP contribution in [0.5, 0.6) is 0 Å². The average molecular weight is 259 g/mol. The van der Waals surface area contributed by atoms with Crippen molar-refractivity contribution in [2.75, 3.05) is 11.9 Å². The Hall–Kier alpha value is -1.91. The lowest BCUT2D eigenvalue weighted by molar-refractivity contribution is 0.791. The fourth-order valence-electron chi connectivity index (χ4n) is 2.15. The van der Waals surface area contributed by atoms with E-state index in [0.717, 1.165) is 43.1 Å². The standard InChI is InChI=1S/C14H21N5/c1-4-6-11-12(9-13-16-7-8-19(13)3)17-10-18-14(11)15-5-2/h7-8,10H,4-6,9H2,1-3H3,(H,15,17,18). The number of hydrogen-bond acceptors (Lipinski definition) is 4. The van der Waals surface area contributed by atoms with Gasteiger partial charge in [0.1, 0.15) is 18.0 Å². The molecule has 2 aromatic heterocycles. The quantitative estimate of drug-likeness (QED) is 0.864. The van der Waals surface area contributed by atoms with Gasteiger partial charge in [0.2, 0.25) is 0 Å². The minimum Gasteiger partial charge on any atom is -0.370 e. The second-order valence-corrected chi connectivity index (χ2v) is 4.56. The van der Waals surface area contributed by atoms with Gasteiger partial charge in [-0.3, -0.25) is 0 Å². The van der Waals surface area contributed by atoms with Crippen LogP contribution in [0.25, 0.3) is 0 Å². The predicted octanol–water partition coefficient (Wildman–Crippen LogP) is 2.19. The third-order valence-electron chi connectivity index (χ3n) is 3.13. The van der Waals surface area contributed by atoms with Crippen LogP contribution >= 0.6 is 0 Å². The van der Waals surface area contributed by atoms with Crippen molar-refractivity contribution in [3.63, 3.8) is 0 Å². The summed E-state index contributed by atoms with van der Waals surface area (Å²) in [5, 5.41) is 3.32. The summed E-state index contributed by atoms with van der Waals surface area (Å²) in [5.74, 6) is 1.99. The van der Waals surface area contributed by atoms with Gasteiger partial charge in [0.25, 0.3) is 0 Å². The van der Waals surface area contributed by atoms with Crippen LogP contribution in [0.4, 0.5) is 5.82 Å². The Labute approximate surface area is 114 Å². The molecule has 0 unspecified atom stereocenters. The van der Waals surface area contributed by atoms with E-state index in [9.17, 15) is 0 Å². The number of hydrogen-bond donors (Lipinski definition) is 1. The normalized spacial score (nSPS) is 10.7. The zero-order valence-corrected chi connectivity index (χ0v) is 11.8. The van der Waals surface area contributed by atoms with Gasteiger partial charge in [0, 0.05) is 38.0 Å². The average Bonchev–Trinajstić information content (AvgIpc) is 2.79. The number of aryl methyl sites for hydroxylation is 1. The Balaban J connectivity index is 2.33. The molecule has 0 aromatic carbocycles. The second kappa shape index (κ2) is 6.31. The molecule has 0 saturated carbocycles. The molecule has 0 radical (unpaired) electrons. The zero-order chi connectivity index (χ0) is 13.7. The molecule has 2 aromatic rings. The maximum Gasteiger partial charge on any atom is 0.132 e. The molecule has 0 aliphatic carbocycles. The first kappa shape index (κ1) is 13.5. The van der Waals surface area contributed by atoms with Gasteiger partial charge in [0.15, 0.2) is 0 Å². The Morgan fingerprint density at radius 2 is 2.05 bits per heavy atom. The van der Waals surface area contributed by atoms with Crippen molar-refractivity contribution in [3.05, 3.63) is 35.8 Å². The maximum atomic E-state index is 4.45. The molecule has 0 amide bonds. The molecule has 5 heteroatoms. The Morgan fingerprint density at radius 1 is 1.21 bits per heavy atom. The first-order valence-electron chi connectivity index (χ1n) is 6.79. The smallest absolute Gasteiger partial charge is 0.132 e. The summed E-state index contributed by atoms with van der Waals surface area (Å²) in [6.45, 7) is 5.12. The number of nitrogens with zero attached hydrogens (tertiary/aromatic N) is 4. The number of anilines is 1. The molecule has 2 rings (SSSR count). The summed E-state index contributed by atoms with van der Waals surface area (Å²) in [6, 6.07) is 0. The molecule has 0 fully saturated rings. The van der Waals surface area contributed by atoms with Crippen molar-refractivity contribution >= 4 is 5.82 Å². The summed E-state index contributed by atoms with van der Waals surface area (Å²) in [4.78, 5) is 13.2. The first-order chi connectivity index (χ1) is 9.26. The Kier molecular flexibility index (Phi) is 4.49. The summed E-state index contributed by atoms with van der Waals surface area (Å²) in [6.07, 6.45) is 8.24. The van der Waals surface area contributed by atoms with E-state index in [1.165, 1.54) is 5.56 Å². The molecule has 2 heterocycles. The van der Waals surface area contributed by atoms with Crippen LogP contribution in [0, 0.1) is 0 Å². The predicted molar refractivity (Wildman–Crippen MR) is 76.2 cm³/mol. The van der Waals surface area contributed by atoms with Crippen LogP contribution in [0.2, 0.25) is 0 Å². The van der Waals surface area contributed by atoms with Gasteiger partial charge in [-0.1, -0.05) is 13.3 Å². The minimum absolute atomic E-state index is 0.750. The lowest BCUT2D eigenvalue weighted by Crippen LogP contribution is -2.10. The van der Waals surface area contributed by atoms with Crippen molar-refractivity contribution in [1.29, 1.82) is 0 Å². The van der Waals surface area contributed by atoms with Crippen molar-refractivity contribution in [2.24, 2.45) is 7.05 Å². The summed E-state index contributed by atoms with van der Waals surface area (Å²) in [7, 11) is 2.01. The van der Waals surface area contributed by atoms with E-state index in [2.05, 4.69) is 34.1 Å². The third-order valence-corrected chi connectivity index (χ3v) is 3.13. The molecule has 102 valence electrons. The molecule has 19 heavy (non-hydrogen) atoms. The van der Waals surface area contributed by atoms with Gasteiger partial charge in [0.05, 0.1) is 5.69 Å². The first-order valence-corrected chi connectivity index (χ1v) is 6.79. The minimum atomic E-state index is 0.750. The van der Waals surface area contributed by atoms with Gasteiger partial charge >= 0.3 is 0 Å². The lowest BCUT2D eigenvalue weighted by atomic mass is 10.1. The molecule has 5 nitrogen and oxygen atoms in total. The molecular weight excluding hydrogens is 238 g/mol. The van der Waals surface area contributed by atoms with Crippen LogP contribution in [0.15, 0.2) is 18.7 Å². The highest BCUT2D eigenvalue weighted by Crippen LogP contribution is 2.19. The van der Waals surface area contributed by atoms with E-state index < -0.39 is 0 Å². The van der Waals surface area contributed by atoms with Gasteiger partial charge in [-0.05, 0) is 13.3 Å². The van der Waals surface area contributed by atoms with Crippen LogP contribution in [0.1, 0.15) is 37.4 Å². The largest absolute Gasteiger partial charge is 0.370 e. The topological polar surface area (TPSA) is 55.6 Å². The van der Waals surface area contributed by atoms with E-state index in [1.54, 1.807) is 6.33 Å². The van der Waals surface area contributed by atoms with Gasteiger partial charge < -0.3 is 9.88 Å². The van der Waals surface area contributed by atoms with Crippen LogP contribution in [-0.2, 0) is 19.9 Å². The van der Waals surface area contributed by atoms with Gasteiger partial charge in [-0.15, -0.1) is 0 Å². The fraction of sp³-hybridized carbons (Fsp3) is 0.500. The van der Waals surface area contributed by atoms with Crippen LogP contribution in [-0.4, -0.2) is 26.1 Å². The number of rotatable bonds is 6. The third kappa shape index (κ3) is 3.10. The van der Waals surface area contributed by atoms with E-state index in [1.807, 2.05) is 24.0 Å². The fourth-order valence-corrected chi connectivity index (χ4v) is 2.15. The van der Waals surface area contributed by atoms with Crippen molar-refractivity contribution in [2.45, 2.75) is 33.1 Å². The van der Waals surface area contributed by atoms with Crippen molar-refractivity contribution in [3.8, 4) is 0 Å². The Bertz CT molecular complexity index is 532. The van der Waals surface area contributed by atoms with Crippen molar-refractivity contribution in [1.82, 2.24) is 19.5 Å². The van der Waals surface area contributed by atoms with E-state index in [0.29, 0.717) is 0 Å². The molecule has 0 bridgehead atoms. The Morgan fingerprint density at radius 3 is 2.68 bits per heavy atom.